The van der Waals surface area contributed by atoms with Gasteiger partial charge in [0.1, 0.15) is 6.04 Å². The van der Waals surface area contributed by atoms with Crippen LogP contribution in [0.25, 0.3) is 0 Å². The molecule has 172 valence electrons. The lowest BCUT2D eigenvalue weighted by Gasteiger charge is -2.36. The second-order valence-corrected chi connectivity index (χ2v) is 14.4. The van der Waals surface area contributed by atoms with Crippen LogP contribution >= 0.6 is 0 Å². The van der Waals surface area contributed by atoms with E-state index in [9.17, 15) is 19.8 Å². The third-order valence-electron chi connectivity index (χ3n) is 6.41. The normalized spacial score (nSPS) is 17.3. The van der Waals surface area contributed by atoms with Crippen LogP contribution in [0.1, 0.15) is 48.5 Å². The molecule has 2 atom stereocenters. The summed E-state index contributed by atoms with van der Waals surface area (Å²) in [5.41, 5.74) is 2.28. The van der Waals surface area contributed by atoms with Crippen molar-refractivity contribution in [3.8, 4) is 0 Å². The standard InChI is InChI=1S/C24H32N2O5Si/c1-24(2,3)32(4,5)31-15-16-10-12-17(13-11-16)25-21(28)20(14-27)26-22(29)18-8-6-7-9-19(18)23(26)30/h6-13,20,22,27,29H,14-15H2,1-5H3,(H,25,28)/t20-,22?/m0/s1. The average molecular weight is 457 g/mol. The molecular formula is C24H32N2O5Si. The molecule has 3 rings (SSSR count). The Kier molecular flexibility index (Phi) is 6.90. The van der Waals surface area contributed by atoms with E-state index in [2.05, 4.69) is 39.2 Å². The number of nitrogens with one attached hydrogen (secondary N) is 1. The number of amides is 2. The van der Waals surface area contributed by atoms with E-state index in [1.165, 1.54) is 0 Å². The molecule has 7 nitrogen and oxygen atoms in total. The summed E-state index contributed by atoms with van der Waals surface area (Å²) in [6.07, 6.45) is -1.28. The number of anilines is 1. The van der Waals surface area contributed by atoms with Crippen molar-refractivity contribution in [3.63, 3.8) is 0 Å². The Morgan fingerprint density at radius 2 is 1.78 bits per heavy atom. The Hall–Kier alpha value is -2.52. The van der Waals surface area contributed by atoms with Gasteiger partial charge in [-0.1, -0.05) is 51.1 Å². The van der Waals surface area contributed by atoms with Crippen molar-refractivity contribution in [3.05, 3.63) is 65.2 Å². The zero-order valence-electron chi connectivity index (χ0n) is 19.3. The van der Waals surface area contributed by atoms with Gasteiger partial charge in [0, 0.05) is 16.8 Å². The highest BCUT2D eigenvalue weighted by atomic mass is 28.4. The first-order chi connectivity index (χ1) is 15.0. The molecule has 2 aromatic carbocycles. The highest BCUT2D eigenvalue weighted by Crippen LogP contribution is 2.37. The third kappa shape index (κ3) is 4.78. The molecule has 3 N–H and O–H groups in total. The van der Waals surface area contributed by atoms with Gasteiger partial charge in [0.15, 0.2) is 14.5 Å². The van der Waals surface area contributed by atoms with Crippen LogP contribution in [0.4, 0.5) is 5.69 Å². The van der Waals surface area contributed by atoms with E-state index in [0.29, 0.717) is 23.4 Å². The summed E-state index contributed by atoms with van der Waals surface area (Å²) in [5.74, 6) is -1.06. The minimum absolute atomic E-state index is 0.122. The number of nitrogens with zero attached hydrogens (tertiary/aromatic N) is 1. The van der Waals surface area contributed by atoms with E-state index in [1.54, 1.807) is 36.4 Å². The molecule has 0 saturated carbocycles. The van der Waals surface area contributed by atoms with Crippen molar-refractivity contribution in [1.29, 1.82) is 0 Å². The molecule has 0 radical (unpaired) electrons. The van der Waals surface area contributed by atoms with Gasteiger partial charge in [0.2, 0.25) is 5.91 Å². The second kappa shape index (κ2) is 9.15. The molecule has 8 heteroatoms. The van der Waals surface area contributed by atoms with Gasteiger partial charge in [0.25, 0.3) is 5.91 Å². The monoisotopic (exact) mass is 456 g/mol. The summed E-state index contributed by atoms with van der Waals surface area (Å²) in [5, 5.41) is 23.2. The lowest BCUT2D eigenvalue weighted by molar-refractivity contribution is -0.125. The number of hydrogen-bond acceptors (Lipinski definition) is 5. The predicted molar refractivity (Wildman–Crippen MR) is 126 cm³/mol. The zero-order valence-corrected chi connectivity index (χ0v) is 20.3. The summed E-state index contributed by atoms with van der Waals surface area (Å²) in [6, 6.07) is 12.7. The molecule has 32 heavy (non-hydrogen) atoms. The first-order valence-corrected chi connectivity index (χ1v) is 13.6. The van der Waals surface area contributed by atoms with E-state index >= 15 is 0 Å². The first-order valence-electron chi connectivity index (χ1n) is 10.7. The molecule has 2 amide bonds. The van der Waals surface area contributed by atoms with Crippen molar-refractivity contribution >= 4 is 25.8 Å². The molecule has 0 aliphatic carbocycles. The van der Waals surface area contributed by atoms with Gasteiger partial charge in [-0.25, -0.2) is 0 Å². The van der Waals surface area contributed by atoms with Crippen molar-refractivity contribution in [1.82, 2.24) is 4.90 Å². The van der Waals surface area contributed by atoms with Crippen LogP contribution in [0.2, 0.25) is 18.1 Å². The third-order valence-corrected chi connectivity index (χ3v) is 10.9. The summed E-state index contributed by atoms with van der Waals surface area (Å²) >= 11 is 0. The fraction of sp³-hybridized carbons (Fsp3) is 0.417. The summed E-state index contributed by atoms with van der Waals surface area (Å²) in [6.45, 7) is 10.9. The molecule has 1 aliphatic heterocycles. The molecule has 2 aromatic rings. The number of aliphatic hydroxyl groups excluding tert-OH is 2. The predicted octanol–water partition coefficient (Wildman–Crippen LogP) is 3.65. The van der Waals surface area contributed by atoms with E-state index < -0.39 is 39.0 Å². The number of benzene rings is 2. The van der Waals surface area contributed by atoms with Gasteiger partial charge in [-0.05, 0) is 41.9 Å². The fourth-order valence-electron chi connectivity index (χ4n) is 3.32. The Morgan fingerprint density at radius 3 is 2.34 bits per heavy atom. The number of hydrogen-bond donors (Lipinski definition) is 3. The van der Waals surface area contributed by atoms with Crippen molar-refractivity contribution in [2.75, 3.05) is 11.9 Å². The lowest BCUT2D eigenvalue weighted by Crippen LogP contribution is -2.48. The Balaban J connectivity index is 1.66. The molecule has 0 bridgehead atoms. The quantitative estimate of drug-likeness (QED) is 0.552. The van der Waals surface area contributed by atoms with E-state index in [0.717, 1.165) is 10.5 Å². The Labute approximate surface area is 190 Å². The molecule has 1 aliphatic rings. The number of rotatable bonds is 7. The Morgan fingerprint density at radius 1 is 1.16 bits per heavy atom. The van der Waals surface area contributed by atoms with E-state index in [4.69, 9.17) is 4.43 Å². The van der Waals surface area contributed by atoms with Crippen LogP contribution in [-0.2, 0) is 15.8 Å². The lowest BCUT2D eigenvalue weighted by atomic mass is 10.1. The highest BCUT2D eigenvalue weighted by Gasteiger charge is 2.42. The molecule has 0 fully saturated rings. The van der Waals surface area contributed by atoms with Gasteiger partial charge in [-0.2, -0.15) is 0 Å². The average Bonchev–Trinajstić information content (AvgIpc) is 2.99. The fourth-order valence-corrected chi connectivity index (χ4v) is 4.28. The maximum absolute atomic E-state index is 12.8. The molecule has 0 aromatic heterocycles. The van der Waals surface area contributed by atoms with E-state index in [1.807, 2.05) is 12.1 Å². The zero-order chi connectivity index (χ0) is 23.7. The second-order valence-electron chi connectivity index (χ2n) is 9.61. The van der Waals surface area contributed by atoms with Gasteiger partial charge < -0.3 is 20.0 Å². The highest BCUT2D eigenvalue weighted by molar-refractivity contribution is 6.74. The largest absolute Gasteiger partial charge is 0.413 e. The van der Waals surface area contributed by atoms with Crippen LogP contribution in [-0.4, -0.2) is 47.9 Å². The number of aliphatic hydroxyl groups is 2. The minimum atomic E-state index is -1.86. The van der Waals surface area contributed by atoms with Crippen molar-refractivity contribution in [2.24, 2.45) is 0 Å². The summed E-state index contributed by atoms with van der Waals surface area (Å²) < 4.78 is 6.22. The van der Waals surface area contributed by atoms with Crippen LogP contribution in [0.15, 0.2) is 48.5 Å². The smallest absolute Gasteiger partial charge is 0.257 e. The maximum Gasteiger partial charge on any atom is 0.257 e. The van der Waals surface area contributed by atoms with Crippen LogP contribution in [0.3, 0.4) is 0 Å². The van der Waals surface area contributed by atoms with Crippen LogP contribution in [0.5, 0.6) is 0 Å². The molecular weight excluding hydrogens is 424 g/mol. The van der Waals surface area contributed by atoms with Crippen molar-refractivity contribution in [2.45, 2.75) is 57.8 Å². The van der Waals surface area contributed by atoms with E-state index in [-0.39, 0.29) is 5.04 Å². The van der Waals surface area contributed by atoms with Crippen LogP contribution < -0.4 is 5.32 Å². The van der Waals surface area contributed by atoms with Gasteiger partial charge in [0.05, 0.1) is 13.2 Å². The number of fused-ring (bicyclic) bond motifs is 1. The molecule has 1 heterocycles. The van der Waals surface area contributed by atoms with Gasteiger partial charge in [-0.15, -0.1) is 0 Å². The topological polar surface area (TPSA) is 99.1 Å². The van der Waals surface area contributed by atoms with Gasteiger partial charge >= 0.3 is 0 Å². The van der Waals surface area contributed by atoms with Gasteiger partial charge in [-0.3, -0.25) is 14.5 Å². The number of carbonyl (C=O) groups is 2. The Bertz CT molecular complexity index is 985. The van der Waals surface area contributed by atoms with Crippen LogP contribution in [0, 0.1) is 0 Å². The summed E-state index contributed by atoms with van der Waals surface area (Å²) in [4.78, 5) is 26.5. The minimum Gasteiger partial charge on any atom is -0.413 e. The number of carbonyl (C=O) groups excluding carboxylic acids is 2. The maximum atomic E-state index is 12.8. The molecule has 1 unspecified atom stereocenters. The summed E-state index contributed by atoms with van der Waals surface area (Å²) in [7, 11) is -1.86. The van der Waals surface area contributed by atoms with Crippen molar-refractivity contribution < 1.29 is 24.2 Å². The first kappa shape index (κ1) is 24.1. The SMILES string of the molecule is CC(C)(C)[Si](C)(C)OCc1ccc(NC(=O)[C@H](CO)N2C(=O)c3ccccc3C2O)cc1. The molecule has 0 saturated heterocycles. The molecule has 0 spiro atoms.